The number of carbonyl (C=O) groups is 2. The van der Waals surface area contributed by atoms with Crippen LogP contribution >= 0.6 is 0 Å². The van der Waals surface area contributed by atoms with Crippen molar-refractivity contribution in [1.82, 2.24) is 9.21 Å². The molecule has 176 valence electrons. The zero-order valence-corrected chi connectivity index (χ0v) is 20.2. The minimum Gasteiger partial charge on any atom is -0.339 e. The van der Waals surface area contributed by atoms with E-state index in [-0.39, 0.29) is 28.5 Å². The fourth-order valence-electron chi connectivity index (χ4n) is 4.83. The van der Waals surface area contributed by atoms with Crippen LogP contribution in [0, 0.1) is 12.8 Å². The SMILES string of the molecule is Cc1ccc(C(=O)C2CCN(C(=O)c3cccc(S(=O)(=O)N4CCCCC4C)c3)CC2)cc1. The van der Waals surface area contributed by atoms with Gasteiger partial charge in [-0.2, -0.15) is 4.31 Å². The van der Waals surface area contributed by atoms with Gasteiger partial charge in [-0.3, -0.25) is 9.59 Å². The van der Waals surface area contributed by atoms with Gasteiger partial charge in [0.1, 0.15) is 0 Å². The van der Waals surface area contributed by atoms with Gasteiger partial charge in [0.2, 0.25) is 10.0 Å². The number of carbonyl (C=O) groups excluding carboxylic acids is 2. The molecular formula is C26H32N2O4S. The van der Waals surface area contributed by atoms with Crippen molar-refractivity contribution in [2.24, 2.45) is 5.92 Å². The lowest BCUT2D eigenvalue weighted by atomic mass is 9.88. The summed E-state index contributed by atoms with van der Waals surface area (Å²) < 4.78 is 27.9. The van der Waals surface area contributed by atoms with Gasteiger partial charge in [0, 0.05) is 42.7 Å². The van der Waals surface area contributed by atoms with Crippen LogP contribution in [0.3, 0.4) is 0 Å². The number of sulfonamides is 1. The van der Waals surface area contributed by atoms with Crippen molar-refractivity contribution in [3.63, 3.8) is 0 Å². The molecule has 2 aromatic carbocycles. The van der Waals surface area contributed by atoms with E-state index in [9.17, 15) is 18.0 Å². The van der Waals surface area contributed by atoms with Crippen molar-refractivity contribution >= 4 is 21.7 Å². The summed E-state index contributed by atoms with van der Waals surface area (Å²) in [4.78, 5) is 27.9. The van der Waals surface area contributed by atoms with Gasteiger partial charge in [0.05, 0.1) is 4.90 Å². The van der Waals surface area contributed by atoms with Crippen LogP contribution in [0.25, 0.3) is 0 Å². The Morgan fingerprint density at radius 1 is 0.879 bits per heavy atom. The fourth-order valence-corrected chi connectivity index (χ4v) is 6.58. The molecule has 2 aliphatic heterocycles. The quantitative estimate of drug-likeness (QED) is 0.614. The first-order valence-corrected chi connectivity index (χ1v) is 13.2. The minimum absolute atomic E-state index is 0.0341. The molecule has 0 N–H and O–H groups in total. The summed E-state index contributed by atoms with van der Waals surface area (Å²) in [5.74, 6) is -0.144. The van der Waals surface area contributed by atoms with Gasteiger partial charge in [-0.25, -0.2) is 8.42 Å². The molecule has 2 saturated heterocycles. The van der Waals surface area contributed by atoms with Gasteiger partial charge in [-0.05, 0) is 57.7 Å². The number of likely N-dealkylation sites (tertiary alicyclic amines) is 1. The van der Waals surface area contributed by atoms with E-state index in [4.69, 9.17) is 0 Å². The fraction of sp³-hybridized carbons (Fsp3) is 0.462. The molecular weight excluding hydrogens is 436 g/mol. The Hall–Kier alpha value is -2.51. The van der Waals surface area contributed by atoms with E-state index in [2.05, 4.69) is 0 Å². The van der Waals surface area contributed by atoms with Crippen LogP contribution in [-0.4, -0.2) is 55.0 Å². The van der Waals surface area contributed by atoms with E-state index in [0.29, 0.717) is 38.0 Å². The molecule has 0 radical (unpaired) electrons. The van der Waals surface area contributed by atoms with Crippen LogP contribution in [0.1, 0.15) is 65.3 Å². The van der Waals surface area contributed by atoms with Crippen LogP contribution in [0.5, 0.6) is 0 Å². The first-order valence-electron chi connectivity index (χ1n) is 11.8. The maximum atomic E-state index is 13.2. The molecule has 1 unspecified atom stereocenters. The zero-order valence-electron chi connectivity index (χ0n) is 19.4. The molecule has 0 saturated carbocycles. The standard InChI is InChI=1S/C26H32N2O4S/c1-19-9-11-21(12-10-19)25(29)22-13-16-27(17-14-22)26(30)23-7-5-8-24(18-23)33(31,32)28-15-4-3-6-20(28)2/h5,7-12,18,20,22H,3-4,6,13-17H2,1-2H3. The van der Waals surface area contributed by atoms with Gasteiger partial charge < -0.3 is 4.90 Å². The lowest BCUT2D eigenvalue weighted by Gasteiger charge is -2.33. The van der Waals surface area contributed by atoms with Gasteiger partial charge in [-0.15, -0.1) is 0 Å². The topological polar surface area (TPSA) is 74.8 Å². The smallest absolute Gasteiger partial charge is 0.253 e. The highest BCUT2D eigenvalue weighted by Gasteiger charge is 2.32. The Kier molecular flexibility index (Phi) is 7.00. The van der Waals surface area contributed by atoms with Crippen molar-refractivity contribution < 1.29 is 18.0 Å². The third kappa shape index (κ3) is 5.04. The van der Waals surface area contributed by atoms with E-state index in [0.717, 1.165) is 30.4 Å². The minimum atomic E-state index is -3.63. The second-order valence-electron chi connectivity index (χ2n) is 9.29. The summed E-state index contributed by atoms with van der Waals surface area (Å²) in [6.45, 7) is 5.42. The number of amides is 1. The molecule has 2 fully saturated rings. The summed E-state index contributed by atoms with van der Waals surface area (Å²) in [5.41, 5.74) is 2.21. The number of ketones is 1. The van der Waals surface area contributed by atoms with Gasteiger partial charge in [-0.1, -0.05) is 42.3 Å². The van der Waals surface area contributed by atoms with Crippen molar-refractivity contribution in [2.75, 3.05) is 19.6 Å². The summed E-state index contributed by atoms with van der Waals surface area (Å²) >= 11 is 0. The average molecular weight is 469 g/mol. The molecule has 1 atom stereocenters. The maximum Gasteiger partial charge on any atom is 0.253 e. The first kappa shape index (κ1) is 23.6. The predicted molar refractivity (Wildman–Crippen MR) is 128 cm³/mol. The molecule has 2 heterocycles. The van der Waals surface area contributed by atoms with Crippen molar-refractivity contribution in [3.8, 4) is 0 Å². The molecule has 6 nitrogen and oxygen atoms in total. The number of piperidine rings is 2. The highest BCUT2D eigenvalue weighted by atomic mass is 32.2. The van der Waals surface area contributed by atoms with Crippen LogP contribution in [-0.2, 0) is 10.0 Å². The maximum absolute atomic E-state index is 13.2. The van der Waals surface area contributed by atoms with Crippen molar-refractivity contribution in [2.45, 2.75) is 56.9 Å². The molecule has 2 aromatic rings. The number of hydrogen-bond donors (Lipinski definition) is 0. The number of Topliss-reactive ketones (excluding diaryl/α,β-unsaturated/α-hetero) is 1. The van der Waals surface area contributed by atoms with Crippen LogP contribution < -0.4 is 0 Å². The molecule has 0 spiro atoms. The summed E-state index contributed by atoms with van der Waals surface area (Å²) in [6.07, 6.45) is 3.98. The summed E-state index contributed by atoms with van der Waals surface area (Å²) in [7, 11) is -3.63. The van der Waals surface area contributed by atoms with Crippen LogP contribution in [0.2, 0.25) is 0 Å². The number of aryl methyl sites for hydroxylation is 1. The molecule has 4 rings (SSSR count). The average Bonchev–Trinajstić information content (AvgIpc) is 2.84. The van der Waals surface area contributed by atoms with E-state index < -0.39 is 10.0 Å². The number of benzene rings is 2. The third-order valence-electron chi connectivity index (χ3n) is 6.92. The zero-order chi connectivity index (χ0) is 23.6. The molecule has 0 bridgehead atoms. The summed E-state index contributed by atoms with van der Waals surface area (Å²) in [5, 5.41) is 0. The van der Waals surface area contributed by atoms with Gasteiger partial charge in [0.15, 0.2) is 5.78 Å². The Morgan fingerprint density at radius 3 is 2.24 bits per heavy atom. The number of rotatable bonds is 5. The Bertz CT molecular complexity index is 1120. The molecule has 0 aromatic heterocycles. The van der Waals surface area contributed by atoms with Gasteiger partial charge >= 0.3 is 0 Å². The van der Waals surface area contributed by atoms with Gasteiger partial charge in [0.25, 0.3) is 5.91 Å². The normalized spacial score (nSPS) is 20.5. The second-order valence-corrected chi connectivity index (χ2v) is 11.2. The van der Waals surface area contributed by atoms with E-state index in [1.165, 1.54) is 6.07 Å². The monoisotopic (exact) mass is 468 g/mol. The highest BCUT2D eigenvalue weighted by Crippen LogP contribution is 2.27. The molecule has 7 heteroatoms. The summed E-state index contributed by atoms with van der Waals surface area (Å²) in [6, 6.07) is 14.0. The Labute approximate surface area is 196 Å². The van der Waals surface area contributed by atoms with Crippen molar-refractivity contribution in [1.29, 1.82) is 0 Å². The lowest BCUT2D eigenvalue weighted by molar-refractivity contribution is 0.0650. The van der Waals surface area contributed by atoms with E-state index in [1.807, 2.05) is 38.1 Å². The first-order chi connectivity index (χ1) is 15.8. The van der Waals surface area contributed by atoms with Crippen LogP contribution in [0.4, 0.5) is 0 Å². The van der Waals surface area contributed by atoms with Crippen molar-refractivity contribution in [3.05, 3.63) is 65.2 Å². The largest absolute Gasteiger partial charge is 0.339 e. The molecule has 33 heavy (non-hydrogen) atoms. The Balaban J connectivity index is 1.43. The predicted octanol–water partition coefficient (Wildman–Crippen LogP) is 4.29. The van der Waals surface area contributed by atoms with E-state index in [1.54, 1.807) is 27.4 Å². The molecule has 0 aliphatic carbocycles. The highest BCUT2D eigenvalue weighted by molar-refractivity contribution is 7.89. The lowest BCUT2D eigenvalue weighted by Crippen LogP contribution is -2.42. The second kappa shape index (κ2) is 9.77. The Morgan fingerprint density at radius 2 is 1.58 bits per heavy atom. The van der Waals surface area contributed by atoms with Crippen LogP contribution in [0.15, 0.2) is 53.4 Å². The van der Waals surface area contributed by atoms with E-state index >= 15 is 0 Å². The number of nitrogens with zero attached hydrogens (tertiary/aromatic N) is 2. The number of hydrogen-bond acceptors (Lipinski definition) is 4. The molecule has 2 aliphatic rings. The third-order valence-corrected chi connectivity index (χ3v) is 8.93. The molecule has 1 amide bonds.